The summed E-state index contributed by atoms with van der Waals surface area (Å²) in [6.45, 7) is 0.155. The maximum Gasteiger partial charge on any atom is 0.280 e. The van der Waals surface area contributed by atoms with E-state index in [1.807, 2.05) is 0 Å². The van der Waals surface area contributed by atoms with Crippen LogP contribution in [0.5, 0.6) is 0 Å². The molecule has 2 aromatic heterocycles. The van der Waals surface area contributed by atoms with E-state index in [-0.39, 0.29) is 29.9 Å². The van der Waals surface area contributed by atoms with Gasteiger partial charge in [0.1, 0.15) is 24.9 Å². The van der Waals surface area contributed by atoms with Crippen LogP contribution >= 0.6 is 15.6 Å². The minimum absolute atomic E-state index is 0. The number of ether oxygens (including phenoxy) is 1. The van der Waals surface area contributed by atoms with Gasteiger partial charge in [0.15, 0.2) is 17.4 Å². The van der Waals surface area contributed by atoms with E-state index in [9.17, 15) is 33.9 Å². The van der Waals surface area contributed by atoms with Crippen molar-refractivity contribution in [3.63, 3.8) is 0 Å². The normalized spacial score (nSPS) is 25.4. The number of anilines is 1. The summed E-state index contributed by atoms with van der Waals surface area (Å²) in [5, 5.41) is 28.6. The smallest absolute Gasteiger partial charge is 0.280 e. The zero-order valence-corrected chi connectivity index (χ0v) is 21.6. The highest BCUT2D eigenvalue weighted by molar-refractivity contribution is 7.59. The fourth-order valence-electron chi connectivity index (χ4n) is 2.84. The van der Waals surface area contributed by atoms with Gasteiger partial charge in [0.05, 0.1) is 40.7 Å². The molecule has 0 amide bonds. The van der Waals surface area contributed by atoms with E-state index < -0.39 is 52.4 Å². The van der Waals surface area contributed by atoms with Gasteiger partial charge in [-0.25, -0.2) is 9.29 Å². The van der Waals surface area contributed by atoms with Crippen LogP contribution in [-0.4, -0.2) is 103 Å². The number of nitrogens with one attached hydrogen (secondary N) is 1. The number of H-pyrrole nitrogens is 1. The highest BCUT2D eigenvalue weighted by Gasteiger charge is 2.45. The summed E-state index contributed by atoms with van der Waals surface area (Å²) in [5.41, 5.74) is 4.58. The second-order valence-corrected chi connectivity index (χ2v) is 11.1. The van der Waals surface area contributed by atoms with Gasteiger partial charge >= 0.3 is 0 Å². The largest absolute Gasteiger partial charge is 0.756 e. The lowest BCUT2D eigenvalue weighted by atomic mass is 10.1. The van der Waals surface area contributed by atoms with Gasteiger partial charge in [-0.15, -0.1) is 0 Å². The second kappa shape index (κ2) is 12.1. The number of rotatable bonds is 8. The second-order valence-electron chi connectivity index (χ2n) is 8.35. The quantitative estimate of drug-likeness (QED) is 0.120. The molecule has 1 saturated heterocycles. The molecule has 1 fully saturated rings. The molecule has 208 valence electrons. The van der Waals surface area contributed by atoms with E-state index in [0.717, 1.165) is 21.9 Å². The first-order chi connectivity index (χ1) is 15.9. The summed E-state index contributed by atoms with van der Waals surface area (Å²) in [5.74, 6) is -0.248. The predicted molar refractivity (Wildman–Crippen MR) is 119 cm³/mol. The summed E-state index contributed by atoms with van der Waals surface area (Å²) < 4.78 is 36.7. The number of likely N-dealkylation sites (N-methyl/N-ethyl adjacent to an activating group) is 1. The SMILES string of the molecule is C[N+](C)(C)CCO.Nc1nc2c(ncn2[C@@H]2O[C@H](COP(=O)([O-])OP(=O)([O-])O)[C@@H](O)[C@H]2O)c(=O)[nH]1.[NH4+]. The molecule has 3 rings (SSSR count). The first-order valence-electron chi connectivity index (χ1n) is 9.80. The molecule has 19 nitrogen and oxygen atoms in total. The number of phosphoric acid groups is 2. The molecule has 0 aliphatic carbocycles. The average Bonchev–Trinajstić information content (AvgIpc) is 3.20. The van der Waals surface area contributed by atoms with Gasteiger partial charge in [0.25, 0.3) is 21.2 Å². The molecule has 3 heterocycles. The number of quaternary nitrogens is 2. The van der Waals surface area contributed by atoms with Gasteiger partial charge in [-0.1, -0.05) is 0 Å². The Bertz CT molecular complexity index is 1160. The van der Waals surface area contributed by atoms with Crippen LogP contribution in [0.1, 0.15) is 6.23 Å². The van der Waals surface area contributed by atoms with E-state index in [1.165, 1.54) is 0 Å². The fraction of sp³-hybridized carbons (Fsp3) is 0.667. The lowest BCUT2D eigenvalue weighted by Gasteiger charge is -2.28. The summed E-state index contributed by atoms with van der Waals surface area (Å²) in [6, 6.07) is 0. The minimum atomic E-state index is -5.63. The van der Waals surface area contributed by atoms with Crippen LogP contribution in [0.3, 0.4) is 0 Å². The number of aromatic amines is 1. The van der Waals surface area contributed by atoms with Crippen molar-refractivity contribution in [2.45, 2.75) is 24.5 Å². The van der Waals surface area contributed by atoms with E-state index in [0.29, 0.717) is 0 Å². The van der Waals surface area contributed by atoms with Gasteiger partial charge in [-0.05, 0) is 0 Å². The maximum atomic E-state index is 11.8. The van der Waals surface area contributed by atoms with E-state index in [2.05, 4.69) is 44.9 Å². The van der Waals surface area contributed by atoms with E-state index >= 15 is 0 Å². The fourth-order valence-corrected chi connectivity index (χ4v) is 4.37. The molecule has 1 aliphatic rings. The monoisotopic (exact) mass is 563 g/mol. The van der Waals surface area contributed by atoms with Crippen molar-refractivity contribution in [1.29, 1.82) is 0 Å². The third-order valence-electron chi connectivity index (χ3n) is 4.43. The summed E-state index contributed by atoms with van der Waals surface area (Å²) in [4.78, 5) is 51.9. The van der Waals surface area contributed by atoms with Crippen LogP contribution in [0.4, 0.5) is 5.95 Å². The number of nitrogens with two attached hydrogens (primary N) is 1. The van der Waals surface area contributed by atoms with Crippen molar-refractivity contribution in [1.82, 2.24) is 25.7 Å². The third-order valence-corrected chi connectivity index (χ3v) is 6.52. The molecule has 21 heteroatoms. The van der Waals surface area contributed by atoms with Crippen LogP contribution in [0.15, 0.2) is 11.1 Å². The third kappa shape index (κ3) is 8.93. The highest BCUT2D eigenvalue weighted by Crippen LogP contribution is 2.52. The van der Waals surface area contributed by atoms with Crippen molar-refractivity contribution in [3.8, 4) is 0 Å². The Morgan fingerprint density at radius 2 is 1.89 bits per heavy atom. The number of aliphatic hydroxyl groups excluding tert-OH is 3. The Balaban J connectivity index is 0.000000712. The molecule has 0 aromatic carbocycles. The Hall–Kier alpha value is -1.83. The molecule has 11 N–H and O–H groups in total. The lowest BCUT2D eigenvalue weighted by Crippen LogP contribution is -2.36. The Kier molecular flexibility index (Phi) is 10.9. The average molecular weight is 563 g/mol. The Labute approximate surface area is 204 Å². The molecule has 2 aromatic rings. The van der Waals surface area contributed by atoms with Crippen LogP contribution < -0.4 is 27.2 Å². The number of nitrogen functional groups attached to an aromatic ring is 1. The zero-order chi connectivity index (χ0) is 26.8. The molecule has 0 radical (unpaired) electrons. The first kappa shape index (κ1) is 32.2. The molecule has 0 saturated carbocycles. The first-order valence-corrected chi connectivity index (χ1v) is 12.8. The number of aliphatic hydroxyl groups is 3. The van der Waals surface area contributed by atoms with Gasteiger partial charge in [-0.2, -0.15) is 4.98 Å². The number of hydrogen-bond acceptors (Lipinski definition) is 14. The molecule has 6 atom stereocenters. The number of aromatic nitrogens is 4. The zero-order valence-electron chi connectivity index (χ0n) is 19.8. The van der Waals surface area contributed by atoms with Crippen molar-refractivity contribution >= 4 is 32.8 Å². The Morgan fingerprint density at radius 3 is 2.39 bits per heavy atom. The van der Waals surface area contributed by atoms with Crippen LogP contribution in [0, 0.1) is 0 Å². The molecule has 1 aliphatic heterocycles. The van der Waals surface area contributed by atoms with Gasteiger partial charge in [0, 0.05) is 0 Å². The number of phosphoric ester groups is 1. The standard InChI is InChI=1S/C10H15N5O11P2.C5H14NO.H3N/c11-10-13-7-4(8(18)14-10)12-2-15(7)9-6(17)5(16)3(25-9)1-24-28(22,23)26-27(19,20)21;1-6(2,3)4-5-7;/h2-3,5-6,9,16-17H,1H2,(H,22,23)(H2,19,20,21)(H3,11,13,14,18);7H,4-5H2,1-3H3;1H3/q;+1;/p-1/t3-,5-,6-,9-;;/m1../s1. The molecule has 0 spiro atoms. The molecule has 2 unspecified atom stereocenters. The molecule has 0 bridgehead atoms. The summed E-state index contributed by atoms with van der Waals surface area (Å²) in [6.07, 6.45) is -5.07. The van der Waals surface area contributed by atoms with Crippen LogP contribution in [-0.2, 0) is 22.7 Å². The Morgan fingerprint density at radius 1 is 1.28 bits per heavy atom. The van der Waals surface area contributed by atoms with Crippen molar-refractivity contribution in [2.75, 3.05) is 46.6 Å². The van der Waals surface area contributed by atoms with Crippen molar-refractivity contribution < 1.29 is 57.2 Å². The summed E-state index contributed by atoms with van der Waals surface area (Å²) in [7, 11) is -4.96. The van der Waals surface area contributed by atoms with Gasteiger partial charge in [0.2, 0.25) is 5.95 Å². The topological polar surface area (TPSA) is 315 Å². The van der Waals surface area contributed by atoms with E-state index in [1.54, 1.807) is 0 Å². The van der Waals surface area contributed by atoms with Gasteiger partial charge in [-0.3, -0.25) is 23.5 Å². The lowest BCUT2D eigenvalue weighted by molar-refractivity contribution is -0.870. The van der Waals surface area contributed by atoms with Crippen LogP contribution in [0.25, 0.3) is 11.2 Å². The number of imidazole rings is 1. The number of nitrogens with zero attached hydrogens (tertiary/aromatic N) is 4. The number of hydrogen-bond donors (Lipinski definition) is 7. The molecular formula is C15H31N7O12P2. The van der Waals surface area contributed by atoms with Crippen molar-refractivity contribution in [2.24, 2.45) is 0 Å². The van der Waals surface area contributed by atoms with Crippen molar-refractivity contribution in [3.05, 3.63) is 16.7 Å². The predicted octanol–water partition coefficient (Wildman–Crippen LogP) is -3.66. The molecular weight excluding hydrogens is 532 g/mol. The minimum Gasteiger partial charge on any atom is -0.756 e. The summed E-state index contributed by atoms with van der Waals surface area (Å²) >= 11 is 0. The van der Waals surface area contributed by atoms with E-state index in [4.69, 9.17) is 20.5 Å². The maximum absolute atomic E-state index is 11.8. The van der Waals surface area contributed by atoms with Gasteiger partial charge < -0.3 is 55.6 Å². The molecule has 36 heavy (non-hydrogen) atoms. The van der Waals surface area contributed by atoms with Crippen LogP contribution in [0.2, 0.25) is 0 Å². The highest BCUT2D eigenvalue weighted by atomic mass is 31.3. The number of fused-ring (bicyclic) bond motifs is 1.